The molecule has 158 valence electrons. The maximum Gasteiger partial charge on any atom is 0.336 e. The Hall–Kier alpha value is -2.96. The monoisotopic (exact) mass is 411 g/mol. The number of carbonyl (C=O) groups excluding carboxylic acids is 3. The molecular weight excluding hydrogens is 386 g/mol. The van der Waals surface area contributed by atoms with E-state index < -0.39 is 17.6 Å². The van der Waals surface area contributed by atoms with E-state index in [2.05, 4.69) is 0 Å². The highest BCUT2D eigenvalue weighted by Crippen LogP contribution is 2.39. The van der Waals surface area contributed by atoms with Crippen LogP contribution in [0.25, 0.3) is 11.0 Å². The first-order chi connectivity index (χ1) is 14.4. The number of rotatable bonds is 5. The van der Waals surface area contributed by atoms with Crippen molar-refractivity contribution in [2.75, 3.05) is 0 Å². The highest BCUT2D eigenvalue weighted by Gasteiger charge is 2.51. The number of benzene rings is 1. The highest BCUT2D eigenvalue weighted by atomic mass is 16.5. The Morgan fingerprint density at radius 2 is 1.80 bits per heavy atom. The number of amides is 2. The molecule has 1 aromatic heterocycles. The molecule has 1 saturated carbocycles. The summed E-state index contributed by atoms with van der Waals surface area (Å²) in [6, 6.07) is 5.87. The van der Waals surface area contributed by atoms with Gasteiger partial charge in [-0.05, 0) is 37.8 Å². The van der Waals surface area contributed by atoms with Crippen molar-refractivity contribution in [3.05, 3.63) is 45.8 Å². The molecule has 0 radical (unpaired) electrons. The number of aryl methyl sites for hydroxylation is 1. The van der Waals surface area contributed by atoms with Gasteiger partial charge in [0.15, 0.2) is 0 Å². The average molecular weight is 411 g/mol. The Labute approximate surface area is 174 Å². The largest absolute Gasteiger partial charge is 0.459 e. The van der Waals surface area contributed by atoms with Crippen LogP contribution in [0.2, 0.25) is 0 Å². The van der Waals surface area contributed by atoms with E-state index in [1.54, 1.807) is 6.07 Å². The average Bonchev–Trinajstić information content (AvgIpc) is 3.01. The van der Waals surface area contributed by atoms with Crippen LogP contribution < -0.4 is 5.63 Å². The number of likely N-dealkylation sites (tertiary alicyclic amines) is 1. The first-order valence-electron chi connectivity index (χ1n) is 10.5. The van der Waals surface area contributed by atoms with E-state index in [0.717, 1.165) is 29.7 Å². The molecule has 2 heterocycles. The molecule has 3 unspecified atom stereocenters. The van der Waals surface area contributed by atoms with Gasteiger partial charge in [-0.15, -0.1) is 0 Å². The molecule has 0 N–H and O–H groups in total. The zero-order valence-electron chi connectivity index (χ0n) is 17.2. The number of carbonyl (C=O) groups is 3. The van der Waals surface area contributed by atoms with Crippen LogP contribution in [0.15, 0.2) is 33.5 Å². The number of ether oxygens (including phenoxy) is 1. The minimum Gasteiger partial charge on any atom is -0.459 e. The lowest BCUT2D eigenvalue weighted by molar-refractivity contribution is -0.159. The first-order valence-corrected chi connectivity index (χ1v) is 10.5. The van der Waals surface area contributed by atoms with Crippen LogP contribution in [0.5, 0.6) is 0 Å². The molecule has 2 aromatic rings. The zero-order chi connectivity index (χ0) is 21.4. The fourth-order valence-corrected chi connectivity index (χ4v) is 4.56. The molecule has 7 nitrogen and oxygen atoms in total. The van der Waals surface area contributed by atoms with Crippen molar-refractivity contribution in [3.8, 4) is 0 Å². The molecule has 2 aliphatic rings. The van der Waals surface area contributed by atoms with Crippen LogP contribution in [0.4, 0.5) is 0 Å². The number of hydrogen-bond acceptors (Lipinski definition) is 6. The van der Waals surface area contributed by atoms with Crippen molar-refractivity contribution in [3.63, 3.8) is 0 Å². The van der Waals surface area contributed by atoms with E-state index in [-0.39, 0.29) is 30.3 Å². The lowest BCUT2D eigenvalue weighted by atomic mass is 9.81. The smallest absolute Gasteiger partial charge is 0.336 e. The number of esters is 1. The van der Waals surface area contributed by atoms with Crippen LogP contribution in [-0.4, -0.2) is 28.7 Å². The molecule has 7 heteroatoms. The molecule has 0 bridgehead atoms. The Kier molecular flexibility index (Phi) is 5.45. The summed E-state index contributed by atoms with van der Waals surface area (Å²) in [6.45, 7) is 3.38. The van der Waals surface area contributed by atoms with Crippen molar-refractivity contribution >= 4 is 28.8 Å². The van der Waals surface area contributed by atoms with Crippen molar-refractivity contribution in [1.29, 1.82) is 0 Å². The van der Waals surface area contributed by atoms with Gasteiger partial charge in [0.05, 0.1) is 11.8 Å². The normalized spacial score (nSPS) is 22.3. The standard InChI is InChI=1S/C23H25NO6/c1-3-14-8-9-16-15(11-20(25)30-19(16)10-14)12-29-23(28)13(2)24-21(26)17-6-4-5-7-18(17)22(24)27/h8-11,13,17-18H,3-7,12H2,1-2H3. The zero-order valence-corrected chi connectivity index (χ0v) is 17.2. The topological polar surface area (TPSA) is 93.9 Å². The SMILES string of the molecule is CCc1ccc2c(COC(=O)C(C)N3C(=O)C4CCCCC4C3=O)cc(=O)oc2c1. The van der Waals surface area contributed by atoms with Crippen LogP contribution >= 0.6 is 0 Å². The van der Waals surface area contributed by atoms with Gasteiger partial charge in [0, 0.05) is 17.0 Å². The molecule has 2 amide bonds. The molecule has 1 aliphatic carbocycles. The Morgan fingerprint density at radius 1 is 1.13 bits per heavy atom. The Balaban J connectivity index is 1.50. The van der Waals surface area contributed by atoms with Crippen molar-refractivity contribution in [2.24, 2.45) is 11.8 Å². The molecule has 3 atom stereocenters. The van der Waals surface area contributed by atoms with E-state index in [9.17, 15) is 19.2 Å². The summed E-state index contributed by atoms with van der Waals surface area (Å²) in [5.41, 5.74) is 1.47. The second-order valence-electron chi connectivity index (χ2n) is 8.10. The molecular formula is C23H25NO6. The van der Waals surface area contributed by atoms with Gasteiger partial charge in [0.25, 0.3) is 0 Å². The predicted octanol–water partition coefficient (Wildman–Crippen LogP) is 2.96. The van der Waals surface area contributed by atoms with E-state index in [0.29, 0.717) is 29.4 Å². The molecule has 0 spiro atoms. The van der Waals surface area contributed by atoms with Crippen molar-refractivity contribution in [1.82, 2.24) is 4.90 Å². The third kappa shape index (κ3) is 3.53. The van der Waals surface area contributed by atoms with Gasteiger partial charge in [0.2, 0.25) is 11.8 Å². The first kappa shape index (κ1) is 20.3. The summed E-state index contributed by atoms with van der Waals surface area (Å²) in [7, 11) is 0. The van der Waals surface area contributed by atoms with Gasteiger partial charge in [-0.2, -0.15) is 0 Å². The van der Waals surface area contributed by atoms with E-state index in [1.165, 1.54) is 13.0 Å². The minimum atomic E-state index is -0.992. The number of hydrogen-bond donors (Lipinski definition) is 0. The van der Waals surface area contributed by atoms with Crippen LogP contribution in [0.3, 0.4) is 0 Å². The fraction of sp³-hybridized carbons (Fsp3) is 0.478. The molecule has 30 heavy (non-hydrogen) atoms. The maximum absolute atomic E-state index is 12.7. The number of imide groups is 1. The van der Waals surface area contributed by atoms with Gasteiger partial charge < -0.3 is 9.15 Å². The molecule has 1 aliphatic heterocycles. The number of fused-ring (bicyclic) bond motifs is 2. The van der Waals surface area contributed by atoms with Crippen LogP contribution in [0, 0.1) is 11.8 Å². The third-order valence-corrected chi connectivity index (χ3v) is 6.28. The van der Waals surface area contributed by atoms with Crippen molar-refractivity contribution in [2.45, 2.75) is 58.6 Å². The summed E-state index contributed by atoms with van der Waals surface area (Å²) >= 11 is 0. The summed E-state index contributed by atoms with van der Waals surface area (Å²) < 4.78 is 10.7. The van der Waals surface area contributed by atoms with Crippen LogP contribution in [0.1, 0.15) is 50.7 Å². The Bertz CT molecular complexity index is 1050. The van der Waals surface area contributed by atoms with Crippen molar-refractivity contribution < 1.29 is 23.5 Å². The van der Waals surface area contributed by atoms with E-state index in [4.69, 9.17) is 9.15 Å². The molecule has 1 saturated heterocycles. The van der Waals surface area contributed by atoms with Gasteiger partial charge in [-0.3, -0.25) is 14.5 Å². The number of nitrogens with zero attached hydrogens (tertiary/aromatic N) is 1. The summed E-state index contributed by atoms with van der Waals surface area (Å²) in [5, 5.41) is 0.687. The van der Waals surface area contributed by atoms with Gasteiger partial charge >= 0.3 is 11.6 Å². The lowest BCUT2D eigenvalue weighted by Gasteiger charge is -2.21. The van der Waals surface area contributed by atoms with Gasteiger partial charge in [0.1, 0.15) is 18.2 Å². The van der Waals surface area contributed by atoms with Gasteiger partial charge in [-0.1, -0.05) is 31.9 Å². The fourth-order valence-electron chi connectivity index (χ4n) is 4.56. The predicted molar refractivity (Wildman–Crippen MR) is 108 cm³/mol. The lowest BCUT2D eigenvalue weighted by Crippen LogP contribution is -2.44. The second-order valence-corrected chi connectivity index (χ2v) is 8.10. The Morgan fingerprint density at radius 3 is 2.43 bits per heavy atom. The highest BCUT2D eigenvalue weighted by molar-refractivity contribution is 6.07. The minimum absolute atomic E-state index is 0.139. The molecule has 1 aromatic carbocycles. The summed E-state index contributed by atoms with van der Waals surface area (Å²) in [4.78, 5) is 51.0. The van der Waals surface area contributed by atoms with Crippen LogP contribution in [-0.2, 0) is 32.1 Å². The quantitative estimate of drug-likeness (QED) is 0.427. The second kappa shape index (κ2) is 8.05. The van der Waals surface area contributed by atoms with E-state index in [1.807, 2.05) is 19.1 Å². The van der Waals surface area contributed by atoms with E-state index >= 15 is 0 Å². The summed E-state index contributed by atoms with van der Waals surface area (Å²) in [5.74, 6) is -1.82. The maximum atomic E-state index is 12.7. The molecule has 2 fully saturated rings. The van der Waals surface area contributed by atoms with Gasteiger partial charge in [-0.25, -0.2) is 9.59 Å². The summed E-state index contributed by atoms with van der Waals surface area (Å²) in [6.07, 6.45) is 4.04. The third-order valence-electron chi connectivity index (χ3n) is 6.28. The molecule has 4 rings (SSSR count).